The summed E-state index contributed by atoms with van der Waals surface area (Å²) >= 11 is 1.30. The summed E-state index contributed by atoms with van der Waals surface area (Å²) in [5.41, 5.74) is 3.71. The summed E-state index contributed by atoms with van der Waals surface area (Å²) in [5, 5.41) is 15.1. The van der Waals surface area contributed by atoms with Gasteiger partial charge in [0.15, 0.2) is 11.5 Å². The number of nitrogens with one attached hydrogen (secondary N) is 1. The van der Waals surface area contributed by atoms with Crippen molar-refractivity contribution in [3.05, 3.63) is 47.5 Å². The molecule has 0 radical (unpaired) electrons. The highest BCUT2D eigenvalue weighted by Crippen LogP contribution is 2.33. The number of anilines is 1. The van der Waals surface area contributed by atoms with Crippen molar-refractivity contribution in [2.24, 2.45) is 0 Å². The van der Waals surface area contributed by atoms with Crippen molar-refractivity contribution in [2.75, 3.05) is 18.5 Å². The molecule has 150 valence electrons. The Bertz CT molecular complexity index is 1030. The first kappa shape index (κ1) is 19.3. The van der Waals surface area contributed by atoms with Gasteiger partial charge in [-0.15, -0.1) is 5.10 Å². The first-order valence-corrected chi connectivity index (χ1v) is 10.1. The summed E-state index contributed by atoms with van der Waals surface area (Å²) in [5.74, 6) is 1.17. The lowest BCUT2D eigenvalue weighted by molar-refractivity contribution is -0.115. The number of para-hydroxylation sites is 1. The molecule has 9 heteroatoms. The summed E-state index contributed by atoms with van der Waals surface area (Å²) in [6, 6.07) is 11.4. The van der Waals surface area contributed by atoms with Crippen LogP contribution in [0, 0.1) is 13.8 Å². The van der Waals surface area contributed by atoms with Gasteiger partial charge >= 0.3 is 0 Å². The number of benzene rings is 2. The number of hydrogen-bond acceptors (Lipinski definition) is 7. The Morgan fingerprint density at radius 2 is 1.86 bits per heavy atom. The van der Waals surface area contributed by atoms with Crippen LogP contribution in [0.1, 0.15) is 18.1 Å². The number of aromatic nitrogens is 4. The molecular weight excluding hydrogens is 390 g/mol. The van der Waals surface area contributed by atoms with Crippen molar-refractivity contribution >= 4 is 23.4 Å². The molecule has 1 aromatic heterocycles. The zero-order valence-corrected chi connectivity index (χ0v) is 17.2. The number of rotatable bonds is 5. The first-order valence-electron chi connectivity index (χ1n) is 9.25. The molecule has 1 atom stereocenters. The van der Waals surface area contributed by atoms with Crippen LogP contribution < -0.4 is 14.8 Å². The van der Waals surface area contributed by atoms with Crippen molar-refractivity contribution in [1.82, 2.24) is 20.2 Å². The molecule has 3 aromatic rings. The minimum Gasteiger partial charge on any atom is -0.486 e. The van der Waals surface area contributed by atoms with Gasteiger partial charge in [-0.05, 0) is 54.5 Å². The van der Waals surface area contributed by atoms with E-state index in [2.05, 4.69) is 20.8 Å². The fraction of sp³-hybridized carbons (Fsp3) is 0.300. The van der Waals surface area contributed by atoms with E-state index in [1.54, 1.807) is 22.9 Å². The third-order valence-electron chi connectivity index (χ3n) is 4.55. The second kappa shape index (κ2) is 8.12. The Kier molecular flexibility index (Phi) is 5.39. The Hall–Kier alpha value is -3.07. The van der Waals surface area contributed by atoms with Crippen LogP contribution in [0.5, 0.6) is 11.5 Å². The molecule has 0 aliphatic carbocycles. The molecule has 0 saturated carbocycles. The Labute approximate surface area is 172 Å². The lowest BCUT2D eigenvalue weighted by Gasteiger charge is -2.19. The molecule has 1 N–H and O–H groups in total. The Balaban J connectivity index is 1.48. The maximum absolute atomic E-state index is 12.7. The number of aryl methyl sites for hydroxylation is 2. The predicted molar refractivity (Wildman–Crippen MR) is 110 cm³/mol. The number of thioether (sulfide) groups is 1. The molecule has 4 rings (SSSR count). The van der Waals surface area contributed by atoms with Crippen LogP contribution in [0.15, 0.2) is 41.6 Å². The largest absolute Gasteiger partial charge is 0.486 e. The average Bonchev–Trinajstić information content (AvgIpc) is 3.15. The third-order valence-corrected chi connectivity index (χ3v) is 5.59. The molecule has 2 heterocycles. The minimum absolute atomic E-state index is 0.150. The number of fused-ring (bicyclic) bond motifs is 1. The van der Waals surface area contributed by atoms with Gasteiger partial charge in [0, 0.05) is 11.8 Å². The molecule has 0 saturated heterocycles. The van der Waals surface area contributed by atoms with Crippen LogP contribution in [0.3, 0.4) is 0 Å². The molecular formula is C20H21N5O3S. The van der Waals surface area contributed by atoms with Gasteiger partial charge in [0.1, 0.15) is 13.2 Å². The van der Waals surface area contributed by atoms with E-state index in [-0.39, 0.29) is 5.91 Å². The van der Waals surface area contributed by atoms with Crippen molar-refractivity contribution in [2.45, 2.75) is 31.2 Å². The topological polar surface area (TPSA) is 91.2 Å². The lowest BCUT2D eigenvalue weighted by atomic mass is 10.1. The monoisotopic (exact) mass is 411 g/mol. The van der Waals surface area contributed by atoms with E-state index in [0.29, 0.717) is 35.6 Å². The smallest absolute Gasteiger partial charge is 0.237 e. The van der Waals surface area contributed by atoms with E-state index >= 15 is 0 Å². The van der Waals surface area contributed by atoms with Crippen LogP contribution in [-0.4, -0.2) is 44.6 Å². The molecule has 8 nitrogen and oxygen atoms in total. The number of carbonyl (C=O) groups is 1. The fourth-order valence-electron chi connectivity index (χ4n) is 3.11. The molecule has 0 fully saturated rings. The number of ether oxygens (including phenoxy) is 2. The summed E-state index contributed by atoms with van der Waals surface area (Å²) in [4.78, 5) is 12.7. The van der Waals surface area contributed by atoms with E-state index in [1.165, 1.54) is 11.8 Å². The molecule has 0 spiro atoms. The number of hydrogen-bond donors (Lipinski definition) is 1. The van der Waals surface area contributed by atoms with Gasteiger partial charge in [0.2, 0.25) is 11.1 Å². The third kappa shape index (κ3) is 4.04. The number of carbonyl (C=O) groups excluding carboxylic acids is 1. The van der Waals surface area contributed by atoms with Crippen molar-refractivity contribution in [3.63, 3.8) is 0 Å². The number of nitrogens with zero attached hydrogens (tertiary/aromatic N) is 4. The summed E-state index contributed by atoms with van der Waals surface area (Å²) in [7, 11) is 0. The number of tetrazole rings is 1. The molecule has 0 unspecified atom stereocenters. The van der Waals surface area contributed by atoms with Gasteiger partial charge in [0.05, 0.1) is 10.9 Å². The molecule has 1 aliphatic heterocycles. The SMILES string of the molecule is Cc1cccc(C)c1-n1nnnc1S[C@H](C)C(=O)Nc1ccc2c(c1)OCCO2. The van der Waals surface area contributed by atoms with Gasteiger partial charge < -0.3 is 14.8 Å². The van der Waals surface area contributed by atoms with Crippen molar-refractivity contribution in [3.8, 4) is 17.2 Å². The summed E-state index contributed by atoms with van der Waals surface area (Å²) in [6.07, 6.45) is 0. The van der Waals surface area contributed by atoms with E-state index in [4.69, 9.17) is 9.47 Å². The second-order valence-electron chi connectivity index (χ2n) is 6.72. The fourth-order valence-corrected chi connectivity index (χ4v) is 3.90. The minimum atomic E-state index is -0.405. The molecule has 29 heavy (non-hydrogen) atoms. The van der Waals surface area contributed by atoms with Crippen LogP contribution in [0.4, 0.5) is 5.69 Å². The summed E-state index contributed by atoms with van der Waals surface area (Å²) < 4.78 is 12.8. The maximum atomic E-state index is 12.7. The van der Waals surface area contributed by atoms with Gasteiger partial charge in [-0.25, -0.2) is 0 Å². The zero-order valence-electron chi connectivity index (χ0n) is 16.4. The predicted octanol–water partition coefficient (Wildman–Crippen LogP) is 3.17. The van der Waals surface area contributed by atoms with Gasteiger partial charge in [-0.1, -0.05) is 30.0 Å². The van der Waals surface area contributed by atoms with E-state index < -0.39 is 5.25 Å². The van der Waals surface area contributed by atoms with Gasteiger partial charge in [-0.2, -0.15) is 4.68 Å². The van der Waals surface area contributed by atoms with E-state index in [9.17, 15) is 4.79 Å². The van der Waals surface area contributed by atoms with Gasteiger partial charge in [0.25, 0.3) is 0 Å². The average molecular weight is 411 g/mol. The number of amides is 1. The van der Waals surface area contributed by atoms with Crippen LogP contribution in [0.2, 0.25) is 0 Å². The zero-order chi connectivity index (χ0) is 20.4. The highest BCUT2D eigenvalue weighted by Gasteiger charge is 2.21. The molecule has 1 amide bonds. The highest BCUT2D eigenvalue weighted by atomic mass is 32.2. The molecule has 0 bridgehead atoms. The lowest BCUT2D eigenvalue weighted by Crippen LogP contribution is -2.23. The normalized spacial score (nSPS) is 13.8. The summed E-state index contributed by atoms with van der Waals surface area (Å²) in [6.45, 7) is 6.87. The second-order valence-corrected chi connectivity index (χ2v) is 8.03. The first-order chi connectivity index (χ1) is 14.0. The Morgan fingerprint density at radius 1 is 1.14 bits per heavy atom. The van der Waals surface area contributed by atoms with Crippen molar-refractivity contribution in [1.29, 1.82) is 0 Å². The Morgan fingerprint density at radius 3 is 2.62 bits per heavy atom. The quantitative estimate of drug-likeness (QED) is 0.645. The highest BCUT2D eigenvalue weighted by molar-refractivity contribution is 8.00. The molecule has 1 aliphatic rings. The van der Waals surface area contributed by atoms with Crippen molar-refractivity contribution < 1.29 is 14.3 Å². The van der Waals surface area contributed by atoms with Crippen LogP contribution in [0.25, 0.3) is 5.69 Å². The van der Waals surface area contributed by atoms with Gasteiger partial charge in [-0.3, -0.25) is 4.79 Å². The standard InChI is InChI=1S/C20H21N5O3S/c1-12-5-4-6-13(2)18(12)25-20(22-23-24-25)29-14(3)19(26)21-15-7-8-16-17(11-15)28-10-9-27-16/h4-8,11,14H,9-10H2,1-3H3,(H,21,26)/t14-/m1/s1. The van der Waals surface area contributed by atoms with Crippen LogP contribution in [-0.2, 0) is 4.79 Å². The maximum Gasteiger partial charge on any atom is 0.237 e. The van der Waals surface area contributed by atoms with E-state index in [1.807, 2.05) is 39.0 Å². The van der Waals surface area contributed by atoms with E-state index in [0.717, 1.165) is 16.8 Å². The van der Waals surface area contributed by atoms with Crippen LogP contribution >= 0.6 is 11.8 Å². The molecule has 2 aromatic carbocycles.